The number of aromatic amines is 1. The minimum absolute atomic E-state index is 0.0914. The summed E-state index contributed by atoms with van der Waals surface area (Å²) in [7, 11) is -2.09. The number of para-hydroxylation sites is 1. The predicted molar refractivity (Wildman–Crippen MR) is 131 cm³/mol. The number of likely N-dealkylation sites (N-methyl/N-ethyl adjacent to an activating group) is 1. The molecule has 0 saturated heterocycles. The van der Waals surface area contributed by atoms with Crippen LogP contribution in [0.25, 0.3) is 10.9 Å². The Balaban J connectivity index is 1.58. The molecule has 2 heterocycles. The van der Waals surface area contributed by atoms with Crippen molar-refractivity contribution in [2.24, 2.45) is 0 Å². The summed E-state index contributed by atoms with van der Waals surface area (Å²) in [4.78, 5) is 18.0. The molecule has 0 spiro atoms. The number of aromatic nitrogens is 1. The number of nitrogens with zero attached hydrogens (tertiary/aromatic N) is 2. The fraction of sp³-hybridized carbons (Fsp3) is 0.400. The molecule has 1 aliphatic carbocycles. The van der Waals surface area contributed by atoms with E-state index in [1.165, 1.54) is 4.31 Å². The molecule has 0 bridgehead atoms. The van der Waals surface area contributed by atoms with Gasteiger partial charge < -0.3 is 19.7 Å². The Kier molecular flexibility index (Phi) is 5.87. The van der Waals surface area contributed by atoms with Crippen LogP contribution in [-0.2, 0) is 16.6 Å². The van der Waals surface area contributed by atoms with E-state index in [9.17, 15) is 18.3 Å². The van der Waals surface area contributed by atoms with Crippen molar-refractivity contribution in [1.82, 2.24) is 9.29 Å². The summed E-state index contributed by atoms with van der Waals surface area (Å²) in [6.45, 7) is 2.99. The van der Waals surface area contributed by atoms with Gasteiger partial charge >= 0.3 is 0 Å². The van der Waals surface area contributed by atoms with Gasteiger partial charge in [0.15, 0.2) is 0 Å². The lowest BCUT2D eigenvalue weighted by atomic mass is 10.1. The minimum Gasteiger partial charge on any atom is -0.490 e. The molecule has 1 aliphatic heterocycles. The van der Waals surface area contributed by atoms with E-state index in [0.717, 1.165) is 35.1 Å². The van der Waals surface area contributed by atoms with Crippen molar-refractivity contribution in [1.29, 1.82) is 0 Å². The highest BCUT2D eigenvalue weighted by Crippen LogP contribution is 2.36. The van der Waals surface area contributed by atoms with E-state index < -0.39 is 22.2 Å². The van der Waals surface area contributed by atoms with Crippen molar-refractivity contribution in [3.63, 3.8) is 0 Å². The van der Waals surface area contributed by atoms with Gasteiger partial charge in [-0.15, -0.1) is 0 Å². The van der Waals surface area contributed by atoms with E-state index in [1.54, 1.807) is 24.3 Å². The number of nitrogens with one attached hydrogen (secondary N) is 1. The third-order valence-corrected chi connectivity index (χ3v) is 8.81. The quantitative estimate of drug-likeness (QED) is 0.579. The van der Waals surface area contributed by atoms with E-state index in [2.05, 4.69) is 4.98 Å². The number of anilines is 1. The number of aryl methyl sites for hydroxylation is 1. The molecular formula is C25H29N3O5S. The smallest absolute Gasteiger partial charge is 0.252 e. The van der Waals surface area contributed by atoms with Crippen LogP contribution < -0.4 is 15.2 Å². The number of hydrogen-bond acceptors (Lipinski definition) is 6. The Morgan fingerprint density at radius 3 is 2.79 bits per heavy atom. The number of fused-ring (bicyclic) bond motifs is 2. The van der Waals surface area contributed by atoms with Crippen LogP contribution in [-0.4, -0.2) is 55.2 Å². The summed E-state index contributed by atoms with van der Waals surface area (Å²) < 4.78 is 34.8. The Bertz CT molecular complexity index is 1400. The molecule has 1 aromatic heterocycles. The van der Waals surface area contributed by atoms with Gasteiger partial charge in [-0.1, -0.05) is 18.2 Å². The number of aliphatic hydroxyl groups is 1. The van der Waals surface area contributed by atoms with Crippen LogP contribution in [0.5, 0.6) is 5.75 Å². The van der Waals surface area contributed by atoms with E-state index in [-0.39, 0.29) is 17.0 Å². The normalized spacial score (nSPS) is 20.5. The number of ether oxygens (including phenoxy) is 1. The molecule has 2 aliphatic rings. The maximum absolute atomic E-state index is 13.9. The number of H-pyrrole nitrogens is 1. The third kappa shape index (κ3) is 3.97. The van der Waals surface area contributed by atoms with Gasteiger partial charge in [0, 0.05) is 25.2 Å². The summed E-state index contributed by atoms with van der Waals surface area (Å²) in [6, 6.07) is 11.7. The molecule has 1 fully saturated rings. The van der Waals surface area contributed by atoms with Crippen molar-refractivity contribution in [2.45, 2.75) is 49.8 Å². The second-order valence-electron chi connectivity index (χ2n) is 9.18. The number of sulfonamides is 1. The van der Waals surface area contributed by atoms with Gasteiger partial charge in [-0.3, -0.25) is 4.79 Å². The minimum atomic E-state index is -4.02. The second kappa shape index (κ2) is 8.72. The zero-order valence-electron chi connectivity index (χ0n) is 19.3. The topological polar surface area (TPSA) is 103 Å². The molecule has 9 heteroatoms. The highest BCUT2D eigenvalue weighted by Gasteiger charge is 2.39. The Morgan fingerprint density at radius 1 is 1.21 bits per heavy atom. The molecule has 2 N–H and O–H groups in total. The molecule has 180 valence electrons. The Morgan fingerprint density at radius 2 is 2.03 bits per heavy atom. The van der Waals surface area contributed by atoms with Crippen LogP contribution in [0.1, 0.15) is 30.4 Å². The summed E-state index contributed by atoms with van der Waals surface area (Å²) in [5, 5.41) is 11.5. The summed E-state index contributed by atoms with van der Waals surface area (Å²) >= 11 is 0. The average molecular weight is 484 g/mol. The van der Waals surface area contributed by atoms with E-state index in [1.807, 2.05) is 37.1 Å². The number of benzene rings is 2. The molecule has 5 rings (SSSR count). The maximum atomic E-state index is 13.9. The zero-order valence-corrected chi connectivity index (χ0v) is 20.1. The van der Waals surface area contributed by atoms with E-state index in [0.29, 0.717) is 30.8 Å². The summed E-state index contributed by atoms with van der Waals surface area (Å²) in [5.41, 5.74) is 2.52. The molecule has 0 unspecified atom stereocenters. The van der Waals surface area contributed by atoms with E-state index in [4.69, 9.17) is 4.74 Å². The number of hydrogen-bond donors (Lipinski definition) is 2. The highest BCUT2D eigenvalue weighted by atomic mass is 32.2. The predicted octanol–water partition coefficient (Wildman–Crippen LogP) is 2.77. The molecule has 0 amide bonds. The van der Waals surface area contributed by atoms with Crippen LogP contribution in [0.2, 0.25) is 0 Å². The van der Waals surface area contributed by atoms with Crippen molar-refractivity contribution >= 4 is 26.6 Å². The van der Waals surface area contributed by atoms with Crippen LogP contribution in [0, 0.1) is 6.92 Å². The third-order valence-electron chi connectivity index (χ3n) is 6.94. The molecule has 0 radical (unpaired) electrons. The largest absolute Gasteiger partial charge is 0.490 e. The van der Waals surface area contributed by atoms with Gasteiger partial charge in [-0.2, -0.15) is 4.31 Å². The van der Waals surface area contributed by atoms with Gasteiger partial charge in [0.2, 0.25) is 10.0 Å². The molecule has 2 atom stereocenters. The molecule has 8 nitrogen and oxygen atoms in total. The van der Waals surface area contributed by atoms with Crippen LogP contribution >= 0.6 is 0 Å². The Hall–Kier alpha value is -2.88. The number of aliphatic hydroxyl groups excluding tert-OH is 1. The Labute approximate surface area is 198 Å². The van der Waals surface area contributed by atoms with Gasteiger partial charge in [-0.25, -0.2) is 8.42 Å². The first kappa shape index (κ1) is 22.9. The molecular weight excluding hydrogens is 454 g/mol. The number of pyridine rings is 1. The van der Waals surface area contributed by atoms with Crippen molar-refractivity contribution in [2.75, 3.05) is 25.1 Å². The maximum Gasteiger partial charge on any atom is 0.252 e. The number of rotatable bonds is 5. The fourth-order valence-corrected chi connectivity index (χ4v) is 6.66. The molecule has 2 aromatic carbocycles. The van der Waals surface area contributed by atoms with Crippen LogP contribution in [0.15, 0.2) is 52.2 Å². The first-order chi connectivity index (χ1) is 16.3. The monoisotopic (exact) mass is 483 g/mol. The van der Waals surface area contributed by atoms with Gasteiger partial charge in [0.25, 0.3) is 5.56 Å². The van der Waals surface area contributed by atoms with E-state index >= 15 is 0 Å². The summed E-state index contributed by atoms with van der Waals surface area (Å²) in [5.74, 6) is 0.515. The van der Waals surface area contributed by atoms with Crippen LogP contribution in [0.3, 0.4) is 0 Å². The SMILES string of the molecule is Cc1cccc2cc(CN([C@H]3CCC[C@@H]3O)S(=O)(=O)c3ccc4c(c3)OCCN4C)c(=O)[nH]c12. The fourth-order valence-electron chi connectivity index (χ4n) is 4.99. The first-order valence-electron chi connectivity index (χ1n) is 11.5. The van der Waals surface area contributed by atoms with Crippen molar-refractivity contribution in [3.8, 4) is 5.75 Å². The van der Waals surface area contributed by atoms with Gasteiger partial charge in [0.1, 0.15) is 12.4 Å². The lowest BCUT2D eigenvalue weighted by Gasteiger charge is -2.31. The zero-order chi connectivity index (χ0) is 24.0. The highest BCUT2D eigenvalue weighted by molar-refractivity contribution is 7.89. The molecule has 3 aromatic rings. The van der Waals surface area contributed by atoms with Crippen molar-refractivity contribution in [3.05, 3.63) is 63.9 Å². The second-order valence-corrected chi connectivity index (χ2v) is 11.1. The van der Waals surface area contributed by atoms with Gasteiger partial charge in [0.05, 0.1) is 34.8 Å². The van der Waals surface area contributed by atoms with Crippen molar-refractivity contribution < 1.29 is 18.3 Å². The average Bonchev–Trinajstić information content (AvgIpc) is 3.23. The van der Waals surface area contributed by atoms with Crippen LogP contribution in [0.4, 0.5) is 5.69 Å². The standard InChI is InChI=1S/C25H29N3O5S/c1-16-5-3-6-17-13-18(25(30)26-24(16)17)15-28(20-7-4-8-22(20)29)34(31,32)19-9-10-21-23(14-19)33-12-11-27(21)2/h3,5-6,9-10,13-14,20,22,29H,4,7-8,11-12,15H2,1-2H3,(H,26,30)/t20-,22-/m0/s1. The lowest BCUT2D eigenvalue weighted by Crippen LogP contribution is -2.44. The first-order valence-corrected chi connectivity index (χ1v) is 13.0. The molecule has 34 heavy (non-hydrogen) atoms. The lowest BCUT2D eigenvalue weighted by molar-refractivity contribution is 0.110. The molecule has 1 saturated carbocycles. The summed E-state index contributed by atoms with van der Waals surface area (Å²) in [6.07, 6.45) is 1.01. The van der Waals surface area contributed by atoms with Gasteiger partial charge in [-0.05, 0) is 55.3 Å².